The zero-order valence-corrected chi connectivity index (χ0v) is 14.8. The monoisotopic (exact) mass is 361 g/mol. The highest BCUT2D eigenvalue weighted by atomic mass is 32.2. The molecule has 25 heavy (non-hydrogen) atoms. The van der Waals surface area contributed by atoms with Gasteiger partial charge in [-0.1, -0.05) is 12.1 Å². The topological polar surface area (TPSA) is 100 Å². The molecule has 0 aliphatic carbocycles. The number of carboxylic acids is 1. The summed E-state index contributed by atoms with van der Waals surface area (Å²) in [5.41, 5.74) is 2.32. The first kappa shape index (κ1) is 17.5. The van der Waals surface area contributed by atoms with Gasteiger partial charge in [-0.2, -0.15) is 0 Å². The molecule has 0 unspecified atom stereocenters. The predicted octanol–water partition coefficient (Wildman–Crippen LogP) is 1.90. The maximum absolute atomic E-state index is 11.7. The van der Waals surface area contributed by atoms with Crippen molar-refractivity contribution in [2.24, 2.45) is 0 Å². The summed E-state index contributed by atoms with van der Waals surface area (Å²) >= 11 is 0. The van der Waals surface area contributed by atoms with Crippen molar-refractivity contribution < 1.29 is 18.3 Å². The number of hydrogen-bond donors (Lipinski definition) is 1. The summed E-state index contributed by atoms with van der Waals surface area (Å²) in [4.78, 5) is 20.0. The molecule has 1 N–H and O–H groups in total. The lowest BCUT2D eigenvalue weighted by molar-refractivity contribution is 0.0697. The van der Waals surface area contributed by atoms with Crippen molar-refractivity contribution in [2.75, 3.05) is 19.3 Å². The highest BCUT2D eigenvalue weighted by molar-refractivity contribution is 7.88. The van der Waals surface area contributed by atoms with E-state index in [2.05, 4.69) is 9.97 Å². The van der Waals surface area contributed by atoms with E-state index in [1.54, 1.807) is 25.1 Å². The third kappa shape index (κ3) is 3.85. The van der Waals surface area contributed by atoms with Gasteiger partial charge in [0.15, 0.2) is 0 Å². The van der Waals surface area contributed by atoms with Crippen LogP contribution in [0.3, 0.4) is 0 Å². The summed E-state index contributed by atoms with van der Waals surface area (Å²) < 4.78 is 24.9. The molecule has 2 aromatic rings. The Morgan fingerprint density at radius 3 is 2.68 bits per heavy atom. The Labute approximate surface area is 146 Å². The fraction of sp³-hybridized carbons (Fsp3) is 0.353. The van der Waals surface area contributed by atoms with E-state index in [-0.39, 0.29) is 11.5 Å². The maximum atomic E-state index is 11.7. The Morgan fingerprint density at radius 2 is 2.04 bits per heavy atom. The molecule has 3 rings (SSSR count). The summed E-state index contributed by atoms with van der Waals surface area (Å²) in [5, 5.41) is 9.15. The van der Waals surface area contributed by atoms with Gasteiger partial charge < -0.3 is 5.11 Å². The van der Waals surface area contributed by atoms with Gasteiger partial charge in [-0.25, -0.2) is 27.5 Å². The fourth-order valence-electron chi connectivity index (χ4n) is 3.03. The molecule has 1 aromatic carbocycles. The number of aromatic nitrogens is 2. The van der Waals surface area contributed by atoms with Crippen LogP contribution < -0.4 is 0 Å². The minimum Gasteiger partial charge on any atom is -0.478 e. The molecule has 1 saturated heterocycles. The van der Waals surface area contributed by atoms with Gasteiger partial charge in [0.1, 0.15) is 5.82 Å². The lowest BCUT2D eigenvalue weighted by Crippen LogP contribution is -2.27. The van der Waals surface area contributed by atoms with Gasteiger partial charge in [-0.05, 0) is 31.5 Å². The lowest BCUT2D eigenvalue weighted by Gasteiger charge is -2.14. The van der Waals surface area contributed by atoms with Crippen LogP contribution in [0.4, 0.5) is 0 Å². The van der Waals surface area contributed by atoms with Crippen molar-refractivity contribution in [1.82, 2.24) is 14.3 Å². The first-order valence-corrected chi connectivity index (χ1v) is 9.73. The van der Waals surface area contributed by atoms with Gasteiger partial charge in [-0.15, -0.1) is 0 Å². The second-order valence-corrected chi connectivity index (χ2v) is 8.20. The van der Waals surface area contributed by atoms with Gasteiger partial charge in [0, 0.05) is 30.3 Å². The number of benzene rings is 1. The van der Waals surface area contributed by atoms with Crippen LogP contribution in [0, 0.1) is 6.92 Å². The summed E-state index contributed by atoms with van der Waals surface area (Å²) in [6.07, 6.45) is 1.92. The molecule has 1 aliphatic rings. The smallest absolute Gasteiger partial charge is 0.335 e. The van der Waals surface area contributed by atoms with E-state index in [0.717, 1.165) is 5.69 Å². The van der Waals surface area contributed by atoms with E-state index in [1.807, 2.05) is 6.07 Å². The van der Waals surface area contributed by atoms with E-state index in [9.17, 15) is 13.2 Å². The van der Waals surface area contributed by atoms with E-state index >= 15 is 0 Å². The molecule has 0 radical (unpaired) electrons. The average molecular weight is 361 g/mol. The summed E-state index contributed by atoms with van der Waals surface area (Å²) in [6, 6.07) is 8.41. The highest BCUT2D eigenvalue weighted by Gasteiger charge is 2.30. The zero-order chi connectivity index (χ0) is 18.2. The number of rotatable bonds is 4. The van der Waals surface area contributed by atoms with Gasteiger partial charge in [0.2, 0.25) is 10.0 Å². The van der Waals surface area contributed by atoms with Crippen molar-refractivity contribution in [3.05, 3.63) is 47.4 Å². The molecule has 0 spiro atoms. The molecule has 0 amide bonds. The quantitative estimate of drug-likeness (QED) is 0.893. The van der Waals surface area contributed by atoms with Crippen LogP contribution in [-0.4, -0.2) is 53.1 Å². The highest BCUT2D eigenvalue weighted by Crippen LogP contribution is 2.29. The first-order chi connectivity index (χ1) is 11.7. The largest absolute Gasteiger partial charge is 0.478 e. The molecule has 1 atom stereocenters. The maximum Gasteiger partial charge on any atom is 0.335 e. The van der Waals surface area contributed by atoms with Crippen LogP contribution in [0.2, 0.25) is 0 Å². The minimum absolute atomic E-state index is 0.0119. The number of carboxylic acid groups (broad SMARTS) is 1. The third-order valence-electron chi connectivity index (χ3n) is 4.30. The molecule has 0 bridgehead atoms. The molecule has 8 heteroatoms. The number of nitrogens with zero attached hydrogens (tertiary/aromatic N) is 3. The van der Waals surface area contributed by atoms with Crippen LogP contribution in [0.1, 0.15) is 34.2 Å². The minimum atomic E-state index is -3.21. The predicted molar refractivity (Wildman–Crippen MR) is 92.9 cm³/mol. The van der Waals surface area contributed by atoms with Gasteiger partial charge >= 0.3 is 5.97 Å². The summed E-state index contributed by atoms with van der Waals surface area (Å²) in [7, 11) is -3.21. The normalized spacial score (nSPS) is 18.4. The molecular weight excluding hydrogens is 342 g/mol. The zero-order valence-electron chi connectivity index (χ0n) is 14.0. The Bertz CT molecular complexity index is 927. The molecule has 1 fully saturated rings. The fourth-order valence-corrected chi connectivity index (χ4v) is 3.92. The van der Waals surface area contributed by atoms with Crippen LogP contribution in [0.25, 0.3) is 11.3 Å². The number of aryl methyl sites for hydroxylation is 1. The first-order valence-electron chi connectivity index (χ1n) is 7.88. The Morgan fingerprint density at radius 1 is 1.28 bits per heavy atom. The van der Waals surface area contributed by atoms with Crippen molar-refractivity contribution in [3.8, 4) is 11.3 Å². The van der Waals surface area contributed by atoms with E-state index in [0.29, 0.717) is 36.6 Å². The van der Waals surface area contributed by atoms with Crippen molar-refractivity contribution >= 4 is 16.0 Å². The van der Waals surface area contributed by atoms with Crippen LogP contribution in [-0.2, 0) is 10.0 Å². The van der Waals surface area contributed by atoms with Crippen LogP contribution >= 0.6 is 0 Å². The second kappa shape index (κ2) is 6.53. The van der Waals surface area contributed by atoms with Crippen molar-refractivity contribution in [3.63, 3.8) is 0 Å². The van der Waals surface area contributed by atoms with Gasteiger partial charge in [-0.3, -0.25) is 0 Å². The average Bonchev–Trinajstić information content (AvgIpc) is 3.04. The van der Waals surface area contributed by atoms with Gasteiger partial charge in [0.25, 0.3) is 0 Å². The Balaban J connectivity index is 1.94. The molecule has 2 heterocycles. The summed E-state index contributed by atoms with van der Waals surface area (Å²) in [6.45, 7) is 2.66. The molecule has 1 aromatic heterocycles. The van der Waals surface area contributed by atoms with E-state index < -0.39 is 16.0 Å². The molecule has 0 saturated carbocycles. The van der Waals surface area contributed by atoms with E-state index in [1.165, 1.54) is 16.6 Å². The molecular formula is C17H19N3O4S. The Hall–Kier alpha value is -2.32. The lowest BCUT2D eigenvalue weighted by atomic mass is 10.0. The molecule has 132 valence electrons. The third-order valence-corrected chi connectivity index (χ3v) is 5.57. The number of sulfonamides is 1. The number of hydrogen-bond acceptors (Lipinski definition) is 5. The summed E-state index contributed by atoms with van der Waals surface area (Å²) in [5.74, 6) is -0.406. The van der Waals surface area contributed by atoms with Crippen LogP contribution in [0.15, 0.2) is 30.3 Å². The van der Waals surface area contributed by atoms with Crippen molar-refractivity contribution in [2.45, 2.75) is 19.3 Å². The molecule has 1 aliphatic heterocycles. The number of aromatic carboxylic acids is 1. The van der Waals surface area contributed by atoms with Crippen LogP contribution in [0.5, 0.6) is 0 Å². The molecule has 7 nitrogen and oxygen atoms in total. The van der Waals surface area contributed by atoms with E-state index in [4.69, 9.17) is 5.11 Å². The van der Waals surface area contributed by atoms with Crippen molar-refractivity contribution in [1.29, 1.82) is 0 Å². The standard InChI is InChI=1S/C17H19N3O4S/c1-11-18-15(12-4-3-5-13(8-12)17(21)22)9-16(19-11)14-6-7-20(10-14)25(2,23)24/h3-5,8-9,14H,6-7,10H2,1-2H3,(H,21,22)/t14-/m0/s1. The Kier molecular flexibility index (Phi) is 4.57. The second-order valence-electron chi connectivity index (χ2n) is 6.22. The van der Waals surface area contributed by atoms with Gasteiger partial charge in [0.05, 0.1) is 17.5 Å². The SMILES string of the molecule is Cc1nc(-c2cccc(C(=O)O)c2)cc([C@H]2CCN(S(C)(=O)=O)C2)n1. The number of carbonyl (C=O) groups is 1.